The minimum atomic E-state index is -1.54. The third-order valence-corrected chi connectivity index (χ3v) is 5.21. The van der Waals surface area contributed by atoms with Gasteiger partial charge in [0.05, 0.1) is 10.5 Å². The van der Waals surface area contributed by atoms with Crippen molar-refractivity contribution in [2.45, 2.75) is 6.04 Å². The van der Waals surface area contributed by atoms with E-state index in [1.54, 1.807) is 6.07 Å². The van der Waals surface area contributed by atoms with Crippen LogP contribution in [-0.4, -0.2) is 32.9 Å². The molecule has 3 amide bonds. The number of aliphatic carboxylic acids is 1. The number of carbonyl (C=O) groups excluding carboxylic acids is 2. The number of aromatic nitrogens is 1. The molecule has 7 nitrogen and oxygen atoms in total. The van der Waals surface area contributed by atoms with E-state index in [0.29, 0.717) is 20.9 Å². The molecule has 1 atom stereocenters. The maximum absolute atomic E-state index is 14.1. The maximum Gasteiger partial charge on any atom is 0.331 e. The maximum atomic E-state index is 14.1. The quantitative estimate of drug-likeness (QED) is 0.408. The van der Waals surface area contributed by atoms with Crippen LogP contribution >= 0.6 is 23.2 Å². The number of imide groups is 1. The first-order valence-electron chi connectivity index (χ1n) is 8.57. The number of hydrogen-bond acceptors (Lipinski definition) is 3. The third-order valence-electron chi connectivity index (χ3n) is 4.67. The fourth-order valence-electron chi connectivity index (χ4n) is 3.27. The molecule has 152 valence electrons. The van der Waals surface area contributed by atoms with E-state index in [4.69, 9.17) is 23.2 Å². The van der Waals surface area contributed by atoms with Crippen LogP contribution in [0.25, 0.3) is 17.0 Å². The van der Waals surface area contributed by atoms with Crippen molar-refractivity contribution in [3.63, 3.8) is 0 Å². The van der Waals surface area contributed by atoms with Crippen LogP contribution in [0.3, 0.4) is 0 Å². The number of aromatic amines is 1. The number of carbonyl (C=O) groups is 3. The molecule has 3 N–H and O–H groups in total. The summed E-state index contributed by atoms with van der Waals surface area (Å²) < 4.78 is 14.1. The zero-order valence-corrected chi connectivity index (χ0v) is 16.5. The number of nitrogens with one attached hydrogen (secondary N) is 2. The van der Waals surface area contributed by atoms with Crippen LogP contribution in [0.15, 0.2) is 48.3 Å². The molecule has 3 aromatic rings. The van der Waals surface area contributed by atoms with Crippen molar-refractivity contribution >= 4 is 58.1 Å². The first-order valence-corrected chi connectivity index (χ1v) is 9.33. The highest BCUT2D eigenvalue weighted by Gasteiger charge is 2.43. The monoisotopic (exact) mass is 447 g/mol. The molecule has 10 heteroatoms. The molecule has 0 saturated carbocycles. The van der Waals surface area contributed by atoms with Gasteiger partial charge in [-0.2, -0.15) is 0 Å². The summed E-state index contributed by atoms with van der Waals surface area (Å²) in [6, 6.07) is 6.29. The topological polar surface area (TPSA) is 102 Å². The number of carboxylic acids is 1. The number of urea groups is 1. The smallest absolute Gasteiger partial charge is 0.331 e. The average molecular weight is 448 g/mol. The van der Waals surface area contributed by atoms with E-state index in [-0.39, 0.29) is 21.8 Å². The Morgan fingerprint density at radius 1 is 1.13 bits per heavy atom. The number of amides is 3. The summed E-state index contributed by atoms with van der Waals surface area (Å²) >= 11 is 11.6. The number of carboxylic acid groups (broad SMARTS) is 1. The first kappa shape index (κ1) is 19.9. The zero-order chi connectivity index (χ0) is 21.6. The van der Waals surface area contributed by atoms with Crippen LogP contribution in [0.2, 0.25) is 10.0 Å². The Balaban J connectivity index is 1.73. The summed E-state index contributed by atoms with van der Waals surface area (Å²) in [6.07, 6.45) is 2.79. The van der Waals surface area contributed by atoms with Gasteiger partial charge in [-0.1, -0.05) is 41.4 Å². The lowest BCUT2D eigenvalue weighted by Crippen LogP contribution is -2.39. The van der Waals surface area contributed by atoms with Crippen molar-refractivity contribution in [2.24, 2.45) is 0 Å². The highest BCUT2D eigenvalue weighted by molar-refractivity contribution is 6.31. The zero-order valence-electron chi connectivity index (χ0n) is 14.9. The molecule has 30 heavy (non-hydrogen) atoms. The van der Waals surface area contributed by atoms with Gasteiger partial charge >= 0.3 is 12.0 Å². The van der Waals surface area contributed by atoms with Crippen molar-refractivity contribution in [3.8, 4) is 0 Å². The Kier molecular flexibility index (Phi) is 4.97. The van der Waals surface area contributed by atoms with Crippen molar-refractivity contribution in [1.82, 2.24) is 15.2 Å². The number of nitrogens with zero attached hydrogens (tertiary/aromatic N) is 1. The van der Waals surface area contributed by atoms with Crippen LogP contribution in [0.5, 0.6) is 0 Å². The second kappa shape index (κ2) is 7.47. The molecule has 0 aliphatic carbocycles. The fraction of sp³-hybridized carbons (Fsp3) is 0.0500. The number of benzene rings is 2. The highest BCUT2D eigenvalue weighted by atomic mass is 35.5. The number of halogens is 3. The fourth-order valence-corrected chi connectivity index (χ4v) is 3.55. The van der Waals surface area contributed by atoms with Gasteiger partial charge in [-0.05, 0) is 29.8 Å². The summed E-state index contributed by atoms with van der Waals surface area (Å²) in [5, 5.41) is 12.8. The van der Waals surface area contributed by atoms with E-state index in [9.17, 15) is 23.9 Å². The highest BCUT2D eigenvalue weighted by Crippen LogP contribution is 2.30. The van der Waals surface area contributed by atoms with Gasteiger partial charge < -0.3 is 15.4 Å². The molecule has 1 aliphatic heterocycles. The lowest BCUT2D eigenvalue weighted by atomic mass is 10.1. The van der Waals surface area contributed by atoms with Gasteiger partial charge in [-0.3, -0.25) is 4.79 Å². The molecule has 1 aromatic heterocycles. The van der Waals surface area contributed by atoms with Gasteiger partial charge in [-0.15, -0.1) is 0 Å². The molecule has 1 aliphatic rings. The van der Waals surface area contributed by atoms with Crippen molar-refractivity contribution in [3.05, 3.63) is 75.3 Å². The first-order chi connectivity index (χ1) is 14.3. The predicted molar refractivity (Wildman–Crippen MR) is 108 cm³/mol. The Labute approximate surface area is 178 Å². The van der Waals surface area contributed by atoms with Gasteiger partial charge in [0.25, 0.3) is 5.91 Å². The number of fused-ring (bicyclic) bond motifs is 1. The van der Waals surface area contributed by atoms with E-state index in [0.717, 1.165) is 0 Å². The summed E-state index contributed by atoms with van der Waals surface area (Å²) in [5.74, 6) is -2.85. The molecule has 2 heterocycles. The second-order valence-electron chi connectivity index (χ2n) is 6.48. The van der Waals surface area contributed by atoms with Gasteiger partial charge in [-0.25, -0.2) is 18.9 Å². The second-order valence-corrected chi connectivity index (χ2v) is 7.33. The average Bonchev–Trinajstić information content (AvgIpc) is 3.23. The number of rotatable bonds is 4. The van der Waals surface area contributed by atoms with E-state index >= 15 is 0 Å². The minimum Gasteiger partial charge on any atom is -0.479 e. The summed E-state index contributed by atoms with van der Waals surface area (Å²) in [7, 11) is 0. The van der Waals surface area contributed by atoms with Crippen molar-refractivity contribution in [1.29, 1.82) is 0 Å². The summed E-state index contributed by atoms with van der Waals surface area (Å²) in [5.41, 5.74) is 0.633. The van der Waals surface area contributed by atoms with Gasteiger partial charge in [0, 0.05) is 22.2 Å². The normalized spacial score (nSPS) is 16.4. The van der Waals surface area contributed by atoms with E-state index in [1.165, 1.54) is 42.6 Å². The lowest BCUT2D eigenvalue weighted by Gasteiger charge is -2.21. The molecule has 1 saturated heterocycles. The molecule has 2 aromatic carbocycles. The summed E-state index contributed by atoms with van der Waals surface area (Å²) in [4.78, 5) is 40.5. The number of hydrogen-bond donors (Lipinski definition) is 3. The number of H-pyrrole nitrogens is 1. The van der Waals surface area contributed by atoms with E-state index in [2.05, 4.69) is 10.3 Å². The molecule has 4 rings (SSSR count). The largest absolute Gasteiger partial charge is 0.479 e. The van der Waals surface area contributed by atoms with Crippen molar-refractivity contribution in [2.75, 3.05) is 0 Å². The summed E-state index contributed by atoms with van der Waals surface area (Å²) in [6.45, 7) is 0. The Bertz CT molecular complexity index is 1240. The van der Waals surface area contributed by atoms with Crippen LogP contribution in [-0.2, 0) is 9.59 Å². The Hall–Kier alpha value is -3.36. The molecular weight excluding hydrogens is 436 g/mol. The lowest BCUT2D eigenvalue weighted by molar-refractivity contribution is -0.146. The third kappa shape index (κ3) is 3.30. The Morgan fingerprint density at radius 3 is 2.50 bits per heavy atom. The Morgan fingerprint density at radius 2 is 1.83 bits per heavy atom. The predicted octanol–water partition coefficient (Wildman–Crippen LogP) is 4.33. The van der Waals surface area contributed by atoms with Crippen LogP contribution in [0.1, 0.15) is 17.2 Å². The SMILES string of the molecule is O=C(O)C(c1ccc(Cl)cc1)N1C(=O)N/C(=C\c2c[nH]c3c(F)c(Cl)ccc23)C1=O. The van der Waals surface area contributed by atoms with Crippen LogP contribution in [0.4, 0.5) is 9.18 Å². The molecule has 0 spiro atoms. The van der Waals surface area contributed by atoms with Gasteiger partial charge in [0.15, 0.2) is 11.9 Å². The van der Waals surface area contributed by atoms with Gasteiger partial charge in [0.1, 0.15) is 5.70 Å². The van der Waals surface area contributed by atoms with Gasteiger partial charge in [0.2, 0.25) is 0 Å². The molecular formula is C20H12Cl2FN3O4. The minimum absolute atomic E-state index is 0.0627. The molecule has 0 bridgehead atoms. The van der Waals surface area contributed by atoms with E-state index in [1.807, 2.05) is 0 Å². The molecule has 0 radical (unpaired) electrons. The molecule has 1 fully saturated rings. The van der Waals surface area contributed by atoms with Crippen LogP contribution in [0, 0.1) is 5.82 Å². The van der Waals surface area contributed by atoms with E-state index < -0.39 is 29.8 Å². The van der Waals surface area contributed by atoms with Crippen LogP contribution < -0.4 is 5.32 Å². The standard InChI is InChI=1S/C20H12Cl2FN3O4/c21-11-3-1-9(2-4-11)17(19(28)29)26-18(27)14(25-20(26)30)7-10-8-24-16-12(10)5-6-13(22)15(16)23/h1-8,17,24H,(H,25,30)(H,28,29)/b14-7-. The van der Waals surface area contributed by atoms with Crippen molar-refractivity contribution < 1.29 is 23.9 Å². The molecule has 1 unspecified atom stereocenters.